The number of aliphatic imine (C=N–C) groups is 1. The quantitative estimate of drug-likeness (QED) is 0.274. The maximum atomic E-state index is 4.73. The molecule has 0 bridgehead atoms. The van der Waals surface area contributed by atoms with Crippen molar-refractivity contribution in [2.45, 2.75) is 25.9 Å². The predicted molar refractivity (Wildman–Crippen MR) is 131 cm³/mol. The van der Waals surface area contributed by atoms with E-state index in [2.05, 4.69) is 67.6 Å². The predicted octanol–water partition coefficient (Wildman–Crippen LogP) is 4.11. The first-order valence-electron chi connectivity index (χ1n) is 9.18. The van der Waals surface area contributed by atoms with E-state index in [1.165, 1.54) is 5.69 Å². The molecule has 0 radical (unpaired) electrons. The van der Waals surface area contributed by atoms with Crippen molar-refractivity contribution in [3.8, 4) is 0 Å². The van der Waals surface area contributed by atoms with Crippen molar-refractivity contribution in [3.63, 3.8) is 0 Å². The highest BCUT2D eigenvalue weighted by molar-refractivity contribution is 14.0. The number of benzene rings is 1. The number of rotatable bonds is 5. The molecule has 150 valence electrons. The Balaban J connectivity index is 0.00000225. The van der Waals surface area contributed by atoms with Gasteiger partial charge in [-0.15, -0.1) is 35.3 Å². The molecule has 6 nitrogen and oxygen atoms in total. The largest absolute Gasteiger partial charge is 0.368 e. The SMILES string of the molecule is CCNC(=NCc1cn2ccsc2n1)NC1CCN(c2ccccc2Br)C1.I. The van der Waals surface area contributed by atoms with E-state index < -0.39 is 0 Å². The molecule has 0 saturated carbocycles. The normalized spacial score (nSPS) is 17.0. The van der Waals surface area contributed by atoms with E-state index in [0.29, 0.717) is 12.6 Å². The van der Waals surface area contributed by atoms with Gasteiger partial charge in [0.15, 0.2) is 10.9 Å². The first-order valence-corrected chi connectivity index (χ1v) is 10.9. The van der Waals surface area contributed by atoms with Crippen molar-refractivity contribution >= 4 is 67.9 Å². The molecule has 28 heavy (non-hydrogen) atoms. The molecule has 9 heteroatoms. The van der Waals surface area contributed by atoms with Gasteiger partial charge in [0.05, 0.1) is 17.9 Å². The molecular formula is C19H24BrIN6S. The minimum Gasteiger partial charge on any atom is -0.368 e. The summed E-state index contributed by atoms with van der Waals surface area (Å²) < 4.78 is 3.19. The summed E-state index contributed by atoms with van der Waals surface area (Å²) in [6.07, 6.45) is 5.16. The molecule has 2 N–H and O–H groups in total. The van der Waals surface area contributed by atoms with Crippen molar-refractivity contribution in [1.82, 2.24) is 20.0 Å². The Labute approximate surface area is 194 Å². The number of anilines is 1. The van der Waals surface area contributed by atoms with E-state index >= 15 is 0 Å². The Morgan fingerprint density at radius 3 is 3.04 bits per heavy atom. The number of guanidine groups is 1. The van der Waals surface area contributed by atoms with Crippen LogP contribution in [0, 0.1) is 0 Å². The molecule has 3 heterocycles. The van der Waals surface area contributed by atoms with Crippen molar-refractivity contribution in [2.75, 3.05) is 24.5 Å². The first-order chi connectivity index (χ1) is 13.2. The Hall–Kier alpha value is -1.33. The second-order valence-electron chi connectivity index (χ2n) is 6.55. The van der Waals surface area contributed by atoms with Gasteiger partial charge in [0.2, 0.25) is 0 Å². The average Bonchev–Trinajstić information content (AvgIpc) is 3.36. The second-order valence-corrected chi connectivity index (χ2v) is 8.27. The maximum absolute atomic E-state index is 4.73. The number of para-hydroxylation sites is 1. The van der Waals surface area contributed by atoms with Gasteiger partial charge in [0.1, 0.15) is 0 Å². The first kappa shape index (κ1) is 21.4. The van der Waals surface area contributed by atoms with Crippen LogP contribution in [0.25, 0.3) is 4.96 Å². The standard InChI is InChI=1S/C19H23BrN6S.HI/c1-2-21-18(22-11-15-13-26-9-10-27-19(26)24-15)23-14-7-8-25(12-14)17-6-4-3-5-16(17)20;/h3-6,9-10,13-14H,2,7-8,11-12H2,1H3,(H2,21,22,23);1H. The lowest BCUT2D eigenvalue weighted by Gasteiger charge is -2.21. The maximum Gasteiger partial charge on any atom is 0.193 e. The van der Waals surface area contributed by atoms with Crippen LogP contribution in [0.4, 0.5) is 5.69 Å². The van der Waals surface area contributed by atoms with Gasteiger partial charge in [0, 0.05) is 47.9 Å². The van der Waals surface area contributed by atoms with Crippen molar-refractivity contribution < 1.29 is 0 Å². The zero-order valence-electron chi connectivity index (χ0n) is 15.6. The zero-order valence-corrected chi connectivity index (χ0v) is 20.4. The smallest absolute Gasteiger partial charge is 0.193 e. The van der Waals surface area contributed by atoms with Gasteiger partial charge in [-0.25, -0.2) is 9.98 Å². The molecule has 1 saturated heterocycles. The van der Waals surface area contributed by atoms with Crippen molar-refractivity contribution in [2.24, 2.45) is 4.99 Å². The molecule has 1 fully saturated rings. The molecule has 1 aliphatic rings. The Bertz CT molecular complexity index is 911. The Morgan fingerprint density at radius 2 is 2.25 bits per heavy atom. The molecule has 1 aliphatic heterocycles. The summed E-state index contributed by atoms with van der Waals surface area (Å²) in [4.78, 5) is 12.8. The van der Waals surface area contributed by atoms with Crippen molar-refractivity contribution in [1.29, 1.82) is 0 Å². The summed E-state index contributed by atoms with van der Waals surface area (Å²) in [7, 11) is 0. The van der Waals surface area contributed by atoms with Gasteiger partial charge in [-0.05, 0) is 41.4 Å². The van der Waals surface area contributed by atoms with Gasteiger partial charge in [-0.2, -0.15) is 0 Å². The van der Waals surface area contributed by atoms with Gasteiger partial charge in [-0.3, -0.25) is 4.40 Å². The highest BCUT2D eigenvalue weighted by Gasteiger charge is 2.24. The fourth-order valence-electron chi connectivity index (χ4n) is 3.33. The topological polar surface area (TPSA) is 57.0 Å². The molecule has 0 spiro atoms. The molecule has 0 aliphatic carbocycles. The summed E-state index contributed by atoms with van der Waals surface area (Å²) in [5.74, 6) is 0.854. The summed E-state index contributed by atoms with van der Waals surface area (Å²) in [5.41, 5.74) is 2.24. The third-order valence-electron chi connectivity index (χ3n) is 4.61. The fourth-order valence-corrected chi connectivity index (χ4v) is 4.59. The number of hydrogen-bond donors (Lipinski definition) is 2. The number of fused-ring (bicyclic) bond motifs is 1. The van der Waals surface area contributed by atoms with Crippen LogP contribution in [0.3, 0.4) is 0 Å². The number of thiazole rings is 1. The monoisotopic (exact) mass is 574 g/mol. The van der Waals surface area contributed by atoms with Crippen LogP contribution in [0.15, 0.2) is 51.5 Å². The van der Waals surface area contributed by atoms with Crippen molar-refractivity contribution in [3.05, 3.63) is 52.2 Å². The van der Waals surface area contributed by atoms with Gasteiger partial charge in [0.25, 0.3) is 0 Å². The van der Waals surface area contributed by atoms with Gasteiger partial charge in [-0.1, -0.05) is 12.1 Å². The lowest BCUT2D eigenvalue weighted by atomic mass is 10.3. The van der Waals surface area contributed by atoms with Crippen LogP contribution < -0.4 is 15.5 Å². The van der Waals surface area contributed by atoms with E-state index in [1.807, 2.05) is 22.2 Å². The molecule has 1 aromatic carbocycles. The molecule has 1 atom stereocenters. The van der Waals surface area contributed by atoms with E-state index in [4.69, 9.17) is 4.99 Å². The minimum atomic E-state index is 0. The number of aromatic nitrogens is 2. The summed E-state index contributed by atoms with van der Waals surface area (Å²) in [6, 6.07) is 8.77. The van der Waals surface area contributed by atoms with Crippen LogP contribution in [-0.2, 0) is 6.54 Å². The summed E-state index contributed by atoms with van der Waals surface area (Å²) in [6.45, 7) is 5.51. The third-order valence-corrected chi connectivity index (χ3v) is 6.05. The summed E-state index contributed by atoms with van der Waals surface area (Å²) in [5, 5.41) is 8.98. The van der Waals surface area contributed by atoms with Crippen LogP contribution in [0.2, 0.25) is 0 Å². The molecule has 4 rings (SSSR count). The Kier molecular flexibility index (Phi) is 7.58. The lowest BCUT2D eigenvalue weighted by Crippen LogP contribution is -2.44. The highest BCUT2D eigenvalue weighted by Crippen LogP contribution is 2.28. The average molecular weight is 575 g/mol. The van der Waals surface area contributed by atoms with E-state index in [1.54, 1.807) is 11.3 Å². The van der Waals surface area contributed by atoms with E-state index in [9.17, 15) is 0 Å². The van der Waals surface area contributed by atoms with Crippen LogP contribution in [0.5, 0.6) is 0 Å². The van der Waals surface area contributed by atoms with E-state index in [-0.39, 0.29) is 24.0 Å². The Morgan fingerprint density at radius 1 is 1.39 bits per heavy atom. The molecule has 2 aromatic heterocycles. The molecule has 3 aromatic rings. The number of nitrogens with one attached hydrogen (secondary N) is 2. The number of imidazole rings is 1. The zero-order chi connectivity index (χ0) is 18.6. The third kappa shape index (κ3) is 4.98. The van der Waals surface area contributed by atoms with Gasteiger partial charge >= 0.3 is 0 Å². The van der Waals surface area contributed by atoms with Crippen LogP contribution in [-0.4, -0.2) is 41.0 Å². The summed E-state index contributed by atoms with van der Waals surface area (Å²) >= 11 is 5.30. The molecule has 1 unspecified atom stereocenters. The molecular weight excluding hydrogens is 551 g/mol. The number of halogens is 2. The minimum absolute atomic E-state index is 0. The highest BCUT2D eigenvalue weighted by atomic mass is 127. The van der Waals surface area contributed by atoms with Crippen LogP contribution in [0.1, 0.15) is 19.0 Å². The molecule has 0 amide bonds. The number of nitrogens with zero attached hydrogens (tertiary/aromatic N) is 4. The second kappa shape index (κ2) is 9.93. The van der Waals surface area contributed by atoms with E-state index in [0.717, 1.165) is 47.1 Å². The fraction of sp³-hybridized carbons (Fsp3) is 0.368. The van der Waals surface area contributed by atoms with Crippen LogP contribution >= 0.6 is 51.2 Å². The number of hydrogen-bond acceptors (Lipinski definition) is 4. The van der Waals surface area contributed by atoms with Gasteiger partial charge < -0.3 is 15.5 Å². The lowest BCUT2D eigenvalue weighted by molar-refractivity contribution is 0.649.